The Hall–Kier alpha value is -3.30. The number of hydrogen-bond acceptors (Lipinski definition) is 5. The van der Waals surface area contributed by atoms with Gasteiger partial charge in [0.2, 0.25) is 0 Å². The van der Waals surface area contributed by atoms with Gasteiger partial charge in [-0.3, -0.25) is 4.90 Å². The lowest BCUT2D eigenvalue weighted by Crippen LogP contribution is -2.46. The average Bonchev–Trinajstić information content (AvgIpc) is 2.74. The first kappa shape index (κ1) is 25.3. The number of fused-ring (bicyclic) bond motifs is 1. The number of carbonyl (C=O) groups excluding carboxylic acids is 2. The Bertz CT molecular complexity index is 1080. The van der Waals surface area contributed by atoms with Crippen LogP contribution in [0.1, 0.15) is 49.1 Å². The third-order valence-electron chi connectivity index (χ3n) is 5.17. The maximum absolute atomic E-state index is 13.3. The van der Waals surface area contributed by atoms with Gasteiger partial charge in [-0.05, 0) is 62.6 Å². The zero-order chi connectivity index (χ0) is 25.3. The molecular formula is C24H25F4NO5. The second kappa shape index (κ2) is 9.52. The van der Waals surface area contributed by atoms with E-state index in [0.29, 0.717) is 23.6 Å². The van der Waals surface area contributed by atoms with Gasteiger partial charge < -0.3 is 14.2 Å². The van der Waals surface area contributed by atoms with E-state index in [4.69, 9.17) is 14.2 Å². The number of halogens is 4. The Morgan fingerprint density at radius 1 is 1.09 bits per heavy atom. The predicted molar refractivity (Wildman–Crippen MR) is 114 cm³/mol. The number of nitrogens with zero attached hydrogens (tertiary/aromatic N) is 1. The zero-order valence-electron chi connectivity index (χ0n) is 19.2. The van der Waals surface area contributed by atoms with Crippen molar-refractivity contribution in [2.24, 2.45) is 0 Å². The van der Waals surface area contributed by atoms with Crippen molar-refractivity contribution in [1.29, 1.82) is 0 Å². The highest BCUT2D eigenvalue weighted by molar-refractivity contribution is 5.84. The van der Waals surface area contributed by atoms with E-state index in [-0.39, 0.29) is 17.9 Å². The summed E-state index contributed by atoms with van der Waals surface area (Å²) in [6, 6.07) is 6.02. The molecule has 34 heavy (non-hydrogen) atoms. The fraction of sp³-hybridized carbons (Fsp3) is 0.417. The molecule has 3 rings (SSSR count). The SMILES string of the molecule is COC(=O)[C@H]1c2ccc(OCc3ccc(F)cc3C(F)(F)F)cc2CCN1C(=O)OC(C)(C)C. The van der Waals surface area contributed by atoms with Crippen LogP contribution in [0.2, 0.25) is 0 Å². The largest absolute Gasteiger partial charge is 0.489 e. The second-order valence-electron chi connectivity index (χ2n) is 8.80. The molecule has 2 aromatic rings. The lowest BCUT2D eigenvalue weighted by Gasteiger charge is -2.36. The van der Waals surface area contributed by atoms with Crippen molar-refractivity contribution in [3.63, 3.8) is 0 Å². The average molecular weight is 483 g/mol. The number of hydrogen-bond donors (Lipinski definition) is 0. The van der Waals surface area contributed by atoms with E-state index in [2.05, 4.69) is 0 Å². The lowest BCUT2D eigenvalue weighted by atomic mass is 9.92. The van der Waals surface area contributed by atoms with Crippen molar-refractivity contribution in [3.8, 4) is 5.75 Å². The Morgan fingerprint density at radius 2 is 1.79 bits per heavy atom. The molecule has 0 spiro atoms. The van der Waals surface area contributed by atoms with Gasteiger partial charge in [0.25, 0.3) is 0 Å². The normalized spacial score (nSPS) is 16.0. The number of esters is 1. The van der Waals surface area contributed by atoms with Crippen molar-refractivity contribution in [3.05, 3.63) is 64.5 Å². The molecule has 1 heterocycles. The summed E-state index contributed by atoms with van der Waals surface area (Å²) in [4.78, 5) is 26.5. The number of carbonyl (C=O) groups is 2. The molecule has 1 atom stereocenters. The molecular weight excluding hydrogens is 458 g/mol. The van der Waals surface area contributed by atoms with Crippen molar-refractivity contribution in [2.45, 2.75) is 51.6 Å². The van der Waals surface area contributed by atoms with E-state index < -0.39 is 47.9 Å². The smallest absolute Gasteiger partial charge is 0.416 e. The van der Waals surface area contributed by atoms with Crippen LogP contribution in [0.3, 0.4) is 0 Å². The Labute approximate surface area is 194 Å². The van der Waals surface area contributed by atoms with Gasteiger partial charge in [0.15, 0.2) is 6.04 Å². The molecule has 1 aliphatic rings. The molecule has 0 bridgehead atoms. The van der Waals surface area contributed by atoms with Gasteiger partial charge >= 0.3 is 18.2 Å². The maximum atomic E-state index is 13.3. The highest BCUT2D eigenvalue weighted by Gasteiger charge is 2.39. The fourth-order valence-corrected chi connectivity index (χ4v) is 3.68. The minimum atomic E-state index is -4.73. The highest BCUT2D eigenvalue weighted by atomic mass is 19.4. The summed E-state index contributed by atoms with van der Waals surface area (Å²) in [5.41, 5.74) is -0.887. The van der Waals surface area contributed by atoms with E-state index in [1.54, 1.807) is 32.9 Å². The maximum Gasteiger partial charge on any atom is 0.416 e. The van der Waals surface area contributed by atoms with Crippen LogP contribution in [0.4, 0.5) is 22.4 Å². The van der Waals surface area contributed by atoms with Gasteiger partial charge in [0.1, 0.15) is 23.8 Å². The molecule has 2 aromatic carbocycles. The van der Waals surface area contributed by atoms with Gasteiger partial charge in [-0.2, -0.15) is 13.2 Å². The van der Waals surface area contributed by atoms with Crippen molar-refractivity contribution in [1.82, 2.24) is 4.90 Å². The van der Waals surface area contributed by atoms with E-state index in [0.717, 1.165) is 12.1 Å². The first-order valence-corrected chi connectivity index (χ1v) is 10.5. The van der Waals surface area contributed by atoms with Gasteiger partial charge in [-0.25, -0.2) is 14.0 Å². The van der Waals surface area contributed by atoms with Crippen molar-refractivity contribution in [2.75, 3.05) is 13.7 Å². The quantitative estimate of drug-likeness (QED) is 0.429. The highest BCUT2D eigenvalue weighted by Crippen LogP contribution is 2.36. The summed E-state index contributed by atoms with van der Waals surface area (Å²) in [5, 5.41) is 0. The van der Waals surface area contributed by atoms with Crippen LogP contribution in [0, 0.1) is 5.82 Å². The summed E-state index contributed by atoms with van der Waals surface area (Å²) < 4.78 is 68.9. The first-order valence-electron chi connectivity index (χ1n) is 10.5. The molecule has 184 valence electrons. The van der Waals surface area contributed by atoms with Crippen LogP contribution in [0.5, 0.6) is 5.75 Å². The summed E-state index contributed by atoms with van der Waals surface area (Å²) in [6.45, 7) is 4.88. The molecule has 0 unspecified atom stereocenters. The van der Waals surface area contributed by atoms with E-state index in [1.807, 2.05) is 0 Å². The molecule has 0 aliphatic carbocycles. The fourth-order valence-electron chi connectivity index (χ4n) is 3.68. The van der Waals surface area contributed by atoms with E-state index >= 15 is 0 Å². The predicted octanol–water partition coefficient (Wildman–Crippen LogP) is 5.43. The van der Waals surface area contributed by atoms with Crippen molar-refractivity contribution >= 4 is 12.1 Å². The lowest BCUT2D eigenvalue weighted by molar-refractivity contribution is -0.147. The van der Waals surface area contributed by atoms with Crippen LogP contribution >= 0.6 is 0 Å². The molecule has 1 aliphatic heterocycles. The molecule has 10 heteroatoms. The van der Waals surface area contributed by atoms with Gasteiger partial charge in [-0.15, -0.1) is 0 Å². The summed E-state index contributed by atoms with van der Waals surface area (Å²) in [6.07, 6.45) is -5.02. The minimum Gasteiger partial charge on any atom is -0.489 e. The topological polar surface area (TPSA) is 65.1 Å². The van der Waals surface area contributed by atoms with Gasteiger partial charge in [0.05, 0.1) is 12.7 Å². The van der Waals surface area contributed by atoms with Crippen molar-refractivity contribution < 1.29 is 41.4 Å². The summed E-state index contributed by atoms with van der Waals surface area (Å²) >= 11 is 0. The van der Waals surface area contributed by atoms with Crippen LogP contribution in [-0.4, -0.2) is 36.2 Å². The Balaban J connectivity index is 1.84. The number of methoxy groups -OCH3 is 1. The molecule has 0 aromatic heterocycles. The van der Waals surface area contributed by atoms with Gasteiger partial charge in [0, 0.05) is 12.1 Å². The molecule has 0 fully saturated rings. The standard InChI is InChI=1S/C24H25F4NO5/c1-23(2,3)34-22(31)29-10-9-14-11-17(7-8-18(14)20(29)21(30)32-4)33-13-15-5-6-16(25)12-19(15)24(26,27)28/h5-8,11-12,20H,9-10,13H2,1-4H3/t20-/m1/s1. The van der Waals surface area contributed by atoms with Crippen LogP contribution in [0.25, 0.3) is 0 Å². The summed E-state index contributed by atoms with van der Waals surface area (Å²) in [7, 11) is 1.21. The number of ether oxygens (including phenoxy) is 3. The van der Waals surface area contributed by atoms with Gasteiger partial charge in [-0.1, -0.05) is 12.1 Å². The van der Waals surface area contributed by atoms with E-state index in [1.165, 1.54) is 18.1 Å². The minimum absolute atomic E-state index is 0.168. The zero-order valence-corrected chi connectivity index (χ0v) is 19.2. The number of benzene rings is 2. The number of rotatable bonds is 4. The Kier molecular flexibility index (Phi) is 7.09. The third-order valence-corrected chi connectivity index (χ3v) is 5.17. The monoisotopic (exact) mass is 483 g/mol. The molecule has 0 saturated heterocycles. The Morgan fingerprint density at radius 3 is 2.41 bits per heavy atom. The molecule has 0 saturated carbocycles. The third kappa shape index (κ3) is 5.78. The summed E-state index contributed by atoms with van der Waals surface area (Å²) in [5.74, 6) is -1.37. The molecule has 0 N–H and O–H groups in total. The molecule has 1 amide bonds. The number of alkyl halides is 3. The second-order valence-corrected chi connectivity index (χ2v) is 8.80. The number of amides is 1. The first-order chi connectivity index (χ1) is 15.8. The molecule has 6 nitrogen and oxygen atoms in total. The van der Waals surface area contributed by atoms with Crippen LogP contribution in [0.15, 0.2) is 36.4 Å². The van der Waals surface area contributed by atoms with E-state index in [9.17, 15) is 27.2 Å². The van der Waals surface area contributed by atoms with Crippen LogP contribution in [-0.2, 0) is 33.5 Å². The molecule has 0 radical (unpaired) electrons. The van der Waals surface area contributed by atoms with Crippen LogP contribution < -0.4 is 4.74 Å².